The number of rotatable bonds is 10. The minimum absolute atomic E-state index is 0.0960. The molecule has 1 aromatic carbocycles. The number of hydrogen-bond acceptors (Lipinski definition) is 8. The summed E-state index contributed by atoms with van der Waals surface area (Å²) < 4.78 is 21.5. The number of carbonyl (C=O) groups excluding carboxylic acids is 4. The van der Waals surface area contributed by atoms with Gasteiger partial charge in [-0.2, -0.15) is 0 Å². The van der Waals surface area contributed by atoms with Crippen LogP contribution in [-0.2, 0) is 28.5 Å². The molecular weight excluding hydrogens is 464 g/mol. The first-order chi connectivity index (χ1) is 16.6. The molecule has 0 fully saturated rings. The maximum atomic E-state index is 12.9. The van der Waals surface area contributed by atoms with Crippen LogP contribution in [0.5, 0.6) is 0 Å². The van der Waals surface area contributed by atoms with Crippen LogP contribution in [0.15, 0.2) is 46.9 Å². The molecule has 0 spiro atoms. The van der Waals surface area contributed by atoms with Crippen molar-refractivity contribution in [3.05, 3.63) is 58.1 Å². The Bertz CT molecular complexity index is 962. The monoisotopic (exact) mass is 502 g/mol. The summed E-state index contributed by atoms with van der Waals surface area (Å²) in [5.74, 6) is -2.78. The third kappa shape index (κ3) is 8.98. The average molecular weight is 503 g/mol. The van der Waals surface area contributed by atoms with Gasteiger partial charge in [0, 0.05) is 11.8 Å². The summed E-state index contributed by atoms with van der Waals surface area (Å²) in [5.41, 5.74) is 0.577. The number of ether oxygens (including phenoxy) is 4. The molecule has 0 atom stereocenters. The van der Waals surface area contributed by atoms with E-state index in [1.54, 1.807) is 55.4 Å². The molecule has 0 aliphatic carbocycles. The second kappa shape index (κ2) is 13.6. The lowest BCUT2D eigenvalue weighted by Gasteiger charge is -2.17. The standard InChI is InChI=1S/C28H38O8/c1-15(2)23(19(9)25(29)33-17(5)6)35-27(31)21-12-11-13-22(14-21)28(32)36-24(16(3)4)20(10)26(30)34-18(7)8/h11-18H,1-10H3. The van der Waals surface area contributed by atoms with E-state index in [0.717, 1.165) is 0 Å². The zero-order chi connectivity index (χ0) is 27.7. The molecule has 1 aromatic rings. The van der Waals surface area contributed by atoms with E-state index in [-0.39, 0.29) is 57.8 Å². The zero-order valence-electron chi connectivity index (χ0n) is 22.9. The van der Waals surface area contributed by atoms with Crippen molar-refractivity contribution in [2.75, 3.05) is 0 Å². The predicted octanol–water partition coefficient (Wildman–Crippen LogP) is 5.76. The lowest BCUT2D eigenvalue weighted by Crippen LogP contribution is -2.19. The van der Waals surface area contributed by atoms with Crippen molar-refractivity contribution in [1.82, 2.24) is 0 Å². The first kappa shape index (κ1) is 30.6. The second-order valence-electron chi connectivity index (χ2n) is 9.56. The Morgan fingerprint density at radius 2 is 0.944 bits per heavy atom. The van der Waals surface area contributed by atoms with Crippen LogP contribution in [-0.4, -0.2) is 36.1 Å². The summed E-state index contributed by atoms with van der Waals surface area (Å²) >= 11 is 0. The summed E-state index contributed by atoms with van der Waals surface area (Å²) in [7, 11) is 0. The molecule has 0 aromatic heterocycles. The Morgan fingerprint density at radius 3 is 1.22 bits per heavy atom. The van der Waals surface area contributed by atoms with Gasteiger partial charge in [0.25, 0.3) is 0 Å². The van der Waals surface area contributed by atoms with E-state index in [9.17, 15) is 19.2 Å². The molecule has 0 heterocycles. The van der Waals surface area contributed by atoms with E-state index < -0.39 is 23.9 Å². The summed E-state index contributed by atoms with van der Waals surface area (Å²) in [5, 5.41) is 0. The molecule has 0 N–H and O–H groups in total. The highest BCUT2D eigenvalue weighted by Gasteiger charge is 2.24. The van der Waals surface area contributed by atoms with Crippen LogP contribution < -0.4 is 0 Å². The predicted molar refractivity (Wildman–Crippen MR) is 135 cm³/mol. The van der Waals surface area contributed by atoms with Crippen molar-refractivity contribution >= 4 is 23.9 Å². The SMILES string of the molecule is CC(C(=O)OC(C)C)=C(OC(=O)c1cccc(C(=O)OC(=C(C)C(=O)OC(C)C)C(C)C)c1)C(C)C. The van der Waals surface area contributed by atoms with Crippen LogP contribution in [0.3, 0.4) is 0 Å². The minimum atomic E-state index is -0.735. The van der Waals surface area contributed by atoms with Gasteiger partial charge in [-0.25, -0.2) is 19.2 Å². The van der Waals surface area contributed by atoms with Crippen molar-refractivity contribution in [2.24, 2.45) is 11.8 Å². The van der Waals surface area contributed by atoms with Crippen molar-refractivity contribution in [3.63, 3.8) is 0 Å². The molecule has 36 heavy (non-hydrogen) atoms. The van der Waals surface area contributed by atoms with Crippen molar-refractivity contribution < 1.29 is 38.1 Å². The Hall–Kier alpha value is -3.42. The molecule has 8 nitrogen and oxygen atoms in total. The zero-order valence-corrected chi connectivity index (χ0v) is 22.9. The topological polar surface area (TPSA) is 105 Å². The molecule has 8 heteroatoms. The van der Waals surface area contributed by atoms with Gasteiger partial charge in [0.1, 0.15) is 11.5 Å². The van der Waals surface area contributed by atoms with Gasteiger partial charge in [0.2, 0.25) is 0 Å². The maximum absolute atomic E-state index is 12.9. The number of esters is 4. The van der Waals surface area contributed by atoms with Gasteiger partial charge >= 0.3 is 23.9 Å². The van der Waals surface area contributed by atoms with E-state index in [4.69, 9.17) is 18.9 Å². The molecular formula is C28H38O8. The molecule has 0 saturated carbocycles. The summed E-state index contributed by atoms with van der Waals surface area (Å²) in [6.07, 6.45) is -0.639. The summed E-state index contributed by atoms with van der Waals surface area (Å²) in [6, 6.07) is 5.83. The van der Waals surface area contributed by atoms with Crippen LogP contribution in [0.4, 0.5) is 0 Å². The van der Waals surface area contributed by atoms with Gasteiger partial charge < -0.3 is 18.9 Å². The van der Waals surface area contributed by atoms with Crippen molar-refractivity contribution in [1.29, 1.82) is 0 Å². The van der Waals surface area contributed by atoms with Gasteiger partial charge in [-0.05, 0) is 59.7 Å². The molecule has 0 saturated heterocycles. The maximum Gasteiger partial charge on any atom is 0.343 e. The fourth-order valence-electron chi connectivity index (χ4n) is 3.15. The number of benzene rings is 1. The number of allylic oxidation sites excluding steroid dienone is 2. The van der Waals surface area contributed by atoms with Crippen LogP contribution in [0.2, 0.25) is 0 Å². The molecule has 0 bridgehead atoms. The Kier molecular flexibility index (Phi) is 11.6. The first-order valence-electron chi connectivity index (χ1n) is 12.0. The van der Waals surface area contributed by atoms with Crippen LogP contribution in [0, 0.1) is 11.8 Å². The van der Waals surface area contributed by atoms with E-state index in [1.807, 2.05) is 0 Å². The highest BCUT2D eigenvalue weighted by molar-refractivity contribution is 5.97. The molecule has 0 aliphatic rings. The Labute approximate surface area is 213 Å². The van der Waals surface area contributed by atoms with Crippen LogP contribution in [0.1, 0.15) is 90.0 Å². The molecule has 0 amide bonds. The fraction of sp³-hybridized carbons (Fsp3) is 0.500. The van der Waals surface area contributed by atoms with Crippen molar-refractivity contribution in [2.45, 2.75) is 81.4 Å². The first-order valence-corrected chi connectivity index (χ1v) is 12.0. The van der Waals surface area contributed by atoms with E-state index in [1.165, 1.54) is 38.1 Å². The van der Waals surface area contributed by atoms with Gasteiger partial charge in [-0.1, -0.05) is 33.8 Å². The lowest BCUT2D eigenvalue weighted by molar-refractivity contribution is -0.143. The van der Waals surface area contributed by atoms with Gasteiger partial charge in [0.15, 0.2) is 0 Å². The van der Waals surface area contributed by atoms with Crippen LogP contribution >= 0.6 is 0 Å². The summed E-state index contributed by atoms with van der Waals surface area (Å²) in [6.45, 7) is 17.1. The average Bonchev–Trinajstić information content (AvgIpc) is 2.78. The van der Waals surface area contributed by atoms with E-state index in [2.05, 4.69) is 0 Å². The van der Waals surface area contributed by atoms with E-state index >= 15 is 0 Å². The number of carbonyl (C=O) groups is 4. The largest absolute Gasteiger partial charge is 0.460 e. The Morgan fingerprint density at radius 1 is 0.611 bits per heavy atom. The smallest absolute Gasteiger partial charge is 0.343 e. The molecule has 0 unspecified atom stereocenters. The number of hydrogen-bond donors (Lipinski definition) is 0. The van der Waals surface area contributed by atoms with Gasteiger partial charge in [-0.15, -0.1) is 0 Å². The minimum Gasteiger partial charge on any atom is -0.460 e. The molecule has 1 rings (SSSR count). The van der Waals surface area contributed by atoms with Gasteiger partial charge in [0.05, 0.1) is 34.5 Å². The highest BCUT2D eigenvalue weighted by Crippen LogP contribution is 2.23. The third-order valence-electron chi connectivity index (χ3n) is 4.83. The molecule has 0 radical (unpaired) electrons. The lowest BCUT2D eigenvalue weighted by atomic mass is 10.1. The Balaban J connectivity index is 3.20. The van der Waals surface area contributed by atoms with E-state index in [0.29, 0.717) is 0 Å². The molecule has 198 valence electrons. The second-order valence-corrected chi connectivity index (χ2v) is 9.56. The van der Waals surface area contributed by atoms with Crippen LogP contribution in [0.25, 0.3) is 0 Å². The summed E-state index contributed by atoms with van der Waals surface area (Å²) in [4.78, 5) is 50.4. The van der Waals surface area contributed by atoms with Crippen molar-refractivity contribution in [3.8, 4) is 0 Å². The fourth-order valence-corrected chi connectivity index (χ4v) is 3.15. The third-order valence-corrected chi connectivity index (χ3v) is 4.83. The van der Waals surface area contributed by atoms with Gasteiger partial charge in [-0.3, -0.25) is 0 Å². The highest BCUT2D eigenvalue weighted by atomic mass is 16.6. The quantitative estimate of drug-likeness (QED) is 0.172. The molecule has 0 aliphatic heterocycles. The normalized spacial score (nSPS) is 12.8.